The highest BCUT2D eigenvalue weighted by atomic mass is 32.2. The zero-order valence-electron chi connectivity index (χ0n) is 11.5. The van der Waals surface area contributed by atoms with Gasteiger partial charge in [-0.3, -0.25) is 0 Å². The molecule has 0 bridgehead atoms. The van der Waals surface area contributed by atoms with Crippen molar-refractivity contribution in [1.29, 1.82) is 0 Å². The third-order valence-corrected chi connectivity index (χ3v) is 4.69. The molecule has 6 nitrogen and oxygen atoms in total. The topological polar surface area (TPSA) is 70.7 Å². The third-order valence-electron chi connectivity index (χ3n) is 3.13. The Hall–Kier alpha value is -0.210. The number of nitrogens with one attached hydrogen (secondary N) is 2. The summed E-state index contributed by atoms with van der Waals surface area (Å²) in [6.07, 6.45) is 0.827. The molecule has 1 aliphatic heterocycles. The van der Waals surface area contributed by atoms with Crippen molar-refractivity contribution in [3.63, 3.8) is 0 Å². The lowest BCUT2D eigenvalue weighted by Crippen LogP contribution is -2.51. The average Bonchev–Trinajstić information content (AvgIpc) is 2.36. The Labute approximate surface area is 110 Å². The highest BCUT2D eigenvalue weighted by molar-refractivity contribution is 7.87. The molecule has 0 unspecified atom stereocenters. The molecule has 1 saturated heterocycles. The fourth-order valence-electron chi connectivity index (χ4n) is 1.73. The van der Waals surface area contributed by atoms with E-state index < -0.39 is 10.2 Å². The highest BCUT2D eigenvalue weighted by Gasteiger charge is 2.26. The van der Waals surface area contributed by atoms with Gasteiger partial charge in [0.1, 0.15) is 0 Å². The average molecular weight is 279 g/mol. The summed E-state index contributed by atoms with van der Waals surface area (Å²) in [7, 11) is -1.69. The number of nitrogens with zero attached hydrogens (tertiary/aromatic N) is 1. The molecular formula is C11H25N3O3S. The Kier molecular flexibility index (Phi) is 6.00. The molecule has 0 aromatic heterocycles. The Bertz CT molecular complexity index is 337. The maximum Gasteiger partial charge on any atom is 0.279 e. The number of methoxy groups -OCH3 is 1. The van der Waals surface area contributed by atoms with E-state index in [4.69, 9.17) is 4.74 Å². The standard InChI is InChI=1S/C11H25N3O3S/c1-11(2,4-9-17-3)10-13-18(15,16)14-7-5-12-6-8-14/h12-13H,4-10H2,1-3H3. The molecular weight excluding hydrogens is 254 g/mol. The van der Waals surface area contributed by atoms with Gasteiger partial charge in [-0.25, -0.2) is 4.72 Å². The van der Waals surface area contributed by atoms with Crippen molar-refractivity contribution in [2.45, 2.75) is 20.3 Å². The van der Waals surface area contributed by atoms with Crippen molar-refractivity contribution < 1.29 is 13.2 Å². The second-order valence-corrected chi connectivity index (χ2v) is 7.14. The van der Waals surface area contributed by atoms with E-state index in [1.54, 1.807) is 7.11 Å². The Morgan fingerprint density at radius 1 is 1.33 bits per heavy atom. The van der Waals surface area contributed by atoms with Crippen molar-refractivity contribution in [3.8, 4) is 0 Å². The smallest absolute Gasteiger partial charge is 0.279 e. The summed E-state index contributed by atoms with van der Waals surface area (Å²) < 4.78 is 33.3. The van der Waals surface area contributed by atoms with Crippen LogP contribution in [0.5, 0.6) is 0 Å². The molecule has 0 aromatic rings. The van der Waals surface area contributed by atoms with Crippen LogP contribution in [0, 0.1) is 5.41 Å². The minimum atomic E-state index is -3.34. The molecule has 0 aromatic carbocycles. The van der Waals surface area contributed by atoms with Crippen molar-refractivity contribution in [3.05, 3.63) is 0 Å². The van der Waals surface area contributed by atoms with Crippen LogP contribution in [-0.4, -0.2) is 59.2 Å². The molecule has 18 heavy (non-hydrogen) atoms. The molecule has 0 radical (unpaired) electrons. The van der Waals surface area contributed by atoms with Crippen LogP contribution in [0.4, 0.5) is 0 Å². The molecule has 0 atom stereocenters. The van der Waals surface area contributed by atoms with Crippen molar-refractivity contribution >= 4 is 10.2 Å². The molecule has 7 heteroatoms. The van der Waals surface area contributed by atoms with Crippen LogP contribution in [0.15, 0.2) is 0 Å². The van der Waals surface area contributed by atoms with Gasteiger partial charge in [-0.15, -0.1) is 0 Å². The van der Waals surface area contributed by atoms with Crippen molar-refractivity contribution in [2.24, 2.45) is 5.41 Å². The van der Waals surface area contributed by atoms with Gasteiger partial charge in [-0.2, -0.15) is 12.7 Å². The van der Waals surface area contributed by atoms with E-state index in [0.29, 0.717) is 39.3 Å². The summed E-state index contributed by atoms with van der Waals surface area (Å²) in [5.74, 6) is 0. The largest absolute Gasteiger partial charge is 0.385 e. The number of piperazine rings is 1. The Morgan fingerprint density at radius 3 is 2.50 bits per heavy atom. The summed E-state index contributed by atoms with van der Waals surface area (Å²) in [4.78, 5) is 0. The molecule has 0 amide bonds. The zero-order valence-corrected chi connectivity index (χ0v) is 12.3. The van der Waals surface area contributed by atoms with E-state index in [2.05, 4.69) is 10.0 Å². The maximum atomic E-state index is 12.1. The molecule has 1 heterocycles. The van der Waals surface area contributed by atoms with Gasteiger partial charge in [-0.05, 0) is 11.8 Å². The predicted molar refractivity (Wildman–Crippen MR) is 71.6 cm³/mol. The van der Waals surface area contributed by atoms with Gasteiger partial charge >= 0.3 is 0 Å². The molecule has 2 N–H and O–H groups in total. The molecule has 0 spiro atoms. The summed E-state index contributed by atoms with van der Waals surface area (Å²) in [6.45, 7) is 7.65. The van der Waals surface area contributed by atoms with Crippen LogP contribution in [-0.2, 0) is 14.9 Å². The maximum absolute atomic E-state index is 12.1. The monoisotopic (exact) mass is 279 g/mol. The molecule has 108 valence electrons. The van der Waals surface area contributed by atoms with Crippen molar-refractivity contribution in [1.82, 2.24) is 14.3 Å². The van der Waals surface area contributed by atoms with Gasteiger partial charge < -0.3 is 10.1 Å². The molecule has 1 rings (SSSR count). The number of rotatable bonds is 7. The van der Waals surface area contributed by atoms with Gasteiger partial charge in [0.2, 0.25) is 0 Å². The van der Waals surface area contributed by atoms with Gasteiger partial charge in [-0.1, -0.05) is 13.8 Å². The van der Waals surface area contributed by atoms with Gasteiger partial charge in [0.05, 0.1) is 0 Å². The first-order valence-corrected chi connectivity index (χ1v) is 7.76. The van der Waals surface area contributed by atoms with Crippen molar-refractivity contribution in [2.75, 3.05) is 46.4 Å². The first-order valence-electron chi connectivity index (χ1n) is 6.32. The quantitative estimate of drug-likeness (QED) is 0.676. The van der Waals surface area contributed by atoms with E-state index in [9.17, 15) is 8.42 Å². The molecule has 1 aliphatic rings. The van der Waals surface area contributed by atoms with Gasteiger partial charge in [0.25, 0.3) is 10.2 Å². The van der Waals surface area contributed by atoms with Gasteiger partial charge in [0.15, 0.2) is 0 Å². The van der Waals surface area contributed by atoms with E-state index in [0.717, 1.165) is 6.42 Å². The number of ether oxygens (including phenoxy) is 1. The first kappa shape index (κ1) is 15.8. The zero-order chi connectivity index (χ0) is 13.6. The van der Waals surface area contributed by atoms with E-state index >= 15 is 0 Å². The summed E-state index contributed by atoms with van der Waals surface area (Å²) in [6, 6.07) is 0. The third kappa shape index (κ3) is 5.19. The lowest BCUT2D eigenvalue weighted by Gasteiger charge is -2.30. The Balaban J connectivity index is 2.45. The molecule has 0 saturated carbocycles. The summed E-state index contributed by atoms with van der Waals surface area (Å²) in [5, 5.41) is 3.14. The van der Waals surface area contributed by atoms with E-state index in [1.807, 2.05) is 13.8 Å². The van der Waals surface area contributed by atoms with E-state index in [1.165, 1.54) is 4.31 Å². The van der Waals surface area contributed by atoms with Crippen LogP contribution in [0.2, 0.25) is 0 Å². The highest BCUT2D eigenvalue weighted by Crippen LogP contribution is 2.19. The molecule has 1 fully saturated rings. The predicted octanol–water partition coefficient (Wildman–Crippen LogP) is -0.211. The summed E-state index contributed by atoms with van der Waals surface area (Å²) >= 11 is 0. The van der Waals surface area contributed by atoms with E-state index in [-0.39, 0.29) is 5.41 Å². The fourth-order valence-corrected chi connectivity index (χ4v) is 3.15. The minimum Gasteiger partial charge on any atom is -0.385 e. The summed E-state index contributed by atoms with van der Waals surface area (Å²) in [5.41, 5.74) is -0.100. The minimum absolute atomic E-state index is 0.100. The number of hydrogen-bond acceptors (Lipinski definition) is 4. The van der Waals surface area contributed by atoms with Crippen LogP contribution < -0.4 is 10.0 Å². The lowest BCUT2D eigenvalue weighted by atomic mass is 9.90. The second kappa shape index (κ2) is 6.81. The second-order valence-electron chi connectivity index (χ2n) is 5.38. The van der Waals surface area contributed by atoms with Crippen LogP contribution >= 0.6 is 0 Å². The first-order chi connectivity index (χ1) is 8.37. The van der Waals surface area contributed by atoms with Crippen LogP contribution in [0.3, 0.4) is 0 Å². The fraction of sp³-hybridized carbons (Fsp3) is 1.00. The van der Waals surface area contributed by atoms with Crippen LogP contribution in [0.1, 0.15) is 20.3 Å². The number of hydrogen-bond donors (Lipinski definition) is 2. The lowest BCUT2D eigenvalue weighted by molar-refractivity contribution is 0.153. The SMILES string of the molecule is COCCC(C)(C)CNS(=O)(=O)N1CCNCC1. The molecule has 0 aliphatic carbocycles. The van der Waals surface area contributed by atoms with Gasteiger partial charge in [0, 0.05) is 46.4 Å². The normalized spacial score (nSPS) is 19.1. The van der Waals surface area contributed by atoms with Crippen LogP contribution in [0.25, 0.3) is 0 Å². The Morgan fingerprint density at radius 2 is 1.94 bits per heavy atom.